The van der Waals surface area contributed by atoms with Gasteiger partial charge in [0.25, 0.3) is 0 Å². The van der Waals surface area contributed by atoms with E-state index in [1.54, 1.807) is 63.3 Å². The van der Waals surface area contributed by atoms with E-state index in [-0.39, 0.29) is 19.5 Å². The summed E-state index contributed by atoms with van der Waals surface area (Å²) in [7, 11) is 0. The van der Waals surface area contributed by atoms with Gasteiger partial charge >= 0.3 is 12.1 Å². The third kappa shape index (κ3) is 6.90. The standard InChI is InChI=1S/C28H31Cl2NO5/c1-27(2,3)36-26(35)31(18-23(32)21-10-7-11-22(29)16-21)15-14-28(25(33)34)13-12-20(17-24(28)30)19-8-5-4-6-9-19/h4-13,16-17,23-24,32H,14-15,18H2,1-3H3,(H,33,34)/t23-,24?,28?/m0/s1. The number of benzene rings is 2. The Morgan fingerprint density at radius 2 is 1.83 bits per heavy atom. The number of hydrogen-bond donors (Lipinski definition) is 2. The van der Waals surface area contributed by atoms with Crippen molar-refractivity contribution in [3.8, 4) is 0 Å². The van der Waals surface area contributed by atoms with Crippen molar-refractivity contribution in [1.82, 2.24) is 4.90 Å². The number of carboxylic acids is 1. The van der Waals surface area contributed by atoms with Crippen molar-refractivity contribution in [2.45, 2.75) is 44.3 Å². The second-order valence-electron chi connectivity index (χ2n) is 9.82. The summed E-state index contributed by atoms with van der Waals surface area (Å²) in [6, 6.07) is 16.3. The van der Waals surface area contributed by atoms with Crippen LogP contribution in [0.5, 0.6) is 0 Å². The summed E-state index contributed by atoms with van der Waals surface area (Å²) in [6.07, 6.45) is 3.39. The molecule has 1 aliphatic rings. The minimum absolute atomic E-state index is 0.000902. The molecule has 3 rings (SSSR count). The predicted octanol–water partition coefficient (Wildman–Crippen LogP) is 6.33. The molecular formula is C28H31Cl2NO5. The fourth-order valence-corrected chi connectivity index (χ4v) is 4.57. The molecule has 1 amide bonds. The number of carboxylic acid groups (broad SMARTS) is 1. The highest BCUT2D eigenvalue weighted by molar-refractivity contribution is 6.30. The molecule has 0 saturated carbocycles. The van der Waals surface area contributed by atoms with Crippen LogP contribution in [0.1, 0.15) is 44.4 Å². The van der Waals surface area contributed by atoms with Crippen molar-refractivity contribution in [3.05, 3.63) is 89.0 Å². The number of carbonyl (C=O) groups excluding carboxylic acids is 1. The fourth-order valence-electron chi connectivity index (χ4n) is 3.96. The second-order valence-corrected chi connectivity index (χ2v) is 10.7. The Kier molecular flexibility index (Phi) is 8.88. The minimum atomic E-state index is -1.44. The Labute approximate surface area is 221 Å². The summed E-state index contributed by atoms with van der Waals surface area (Å²) < 4.78 is 5.53. The Balaban J connectivity index is 1.83. The van der Waals surface area contributed by atoms with E-state index >= 15 is 0 Å². The lowest BCUT2D eigenvalue weighted by Gasteiger charge is -2.35. The van der Waals surface area contributed by atoms with Gasteiger partial charge in [-0.1, -0.05) is 72.3 Å². The molecule has 0 saturated heterocycles. The zero-order valence-corrected chi connectivity index (χ0v) is 22.0. The van der Waals surface area contributed by atoms with Crippen LogP contribution in [-0.4, -0.2) is 51.2 Å². The van der Waals surface area contributed by atoms with Crippen molar-refractivity contribution in [2.75, 3.05) is 13.1 Å². The average molecular weight is 532 g/mol. The third-order valence-electron chi connectivity index (χ3n) is 5.96. The Bertz CT molecular complexity index is 1140. The molecule has 3 atom stereocenters. The first kappa shape index (κ1) is 27.8. The lowest BCUT2D eigenvalue weighted by molar-refractivity contribution is -0.146. The highest BCUT2D eigenvalue weighted by atomic mass is 35.5. The molecule has 0 aliphatic heterocycles. The molecule has 2 N–H and O–H groups in total. The van der Waals surface area contributed by atoms with Gasteiger partial charge < -0.3 is 19.8 Å². The van der Waals surface area contributed by atoms with Crippen LogP contribution in [0.25, 0.3) is 5.57 Å². The summed E-state index contributed by atoms with van der Waals surface area (Å²) in [5.74, 6) is -1.10. The molecule has 0 aromatic heterocycles. The minimum Gasteiger partial charge on any atom is -0.481 e. The summed E-state index contributed by atoms with van der Waals surface area (Å²) in [5.41, 5.74) is 0.0770. The van der Waals surface area contributed by atoms with Crippen molar-refractivity contribution in [3.63, 3.8) is 0 Å². The van der Waals surface area contributed by atoms with Gasteiger partial charge in [-0.05, 0) is 56.0 Å². The molecule has 0 fully saturated rings. The zero-order chi connectivity index (χ0) is 26.5. The van der Waals surface area contributed by atoms with Gasteiger partial charge in [-0.25, -0.2) is 4.79 Å². The number of hydrogen-bond acceptors (Lipinski definition) is 4. The number of aliphatic carboxylic acids is 1. The van der Waals surface area contributed by atoms with E-state index in [4.69, 9.17) is 27.9 Å². The lowest BCUT2D eigenvalue weighted by atomic mass is 9.76. The Morgan fingerprint density at radius 3 is 2.42 bits per heavy atom. The fraction of sp³-hybridized carbons (Fsp3) is 0.357. The van der Waals surface area contributed by atoms with E-state index in [0.717, 1.165) is 11.1 Å². The van der Waals surface area contributed by atoms with E-state index in [2.05, 4.69) is 0 Å². The first-order valence-electron chi connectivity index (χ1n) is 11.7. The van der Waals surface area contributed by atoms with Crippen LogP contribution >= 0.6 is 23.2 Å². The highest BCUT2D eigenvalue weighted by Crippen LogP contribution is 2.40. The summed E-state index contributed by atoms with van der Waals surface area (Å²) in [5, 5.41) is 20.6. The number of alkyl halides is 1. The van der Waals surface area contributed by atoms with E-state index in [1.165, 1.54) is 4.90 Å². The van der Waals surface area contributed by atoms with Crippen LogP contribution in [0.3, 0.4) is 0 Å². The normalized spacial score (nSPS) is 20.4. The first-order chi connectivity index (χ1) is 16.9. The number of carbonyl (C=O) groups is 2. The molecule has 2 unspecified atom stereocenters. The van der Waals surface area contributed by atoms with Crippen LogP contribution in [0, 0.1) is 5.41 Å². The van der Waals surface area contributed by atoms with Crippen LogP contribution in [0.15, 0.2) is 72.8 Å². The van der Waals surface area contributed by atoms with E-state index in [0.29, 0.717) is 10.6 Å². The molecule has 36 heavy (non-hydrogen) atoms. The van der Waals surface area contributed by atoms with E-state index in [1.807, 2.05) is 30.3 Å². The maximum atomic E-state index is 13.0. The summed E-state index contributed by atoms with van der Waals surface area (Å²) in [4.78, 5) is 26.8. The van der Waals surface area contributed by atoms with Crippen molar-refractivity contribution in [2.24, 2.45) is 5.41 Å². The van der Waals surface area contributed by atoms with E-state index in [9.17, 15) is 19.8 Å². The van der Waals surface area contributed by atoms with Crippen LogP contribution < -0.4 is 0 Å². The molecule has 2 aromatic rings. The summed E-state index contributed by atoms with van der Waals surface area (Å²) >= 11 is 12.7. The topological polar surface area (TPSA) is 87.1 Å². The summed E-state index contributed by atoms with van der Waals surface area (Å²) in [6.45, 7) is 5.12. The highest BCUT2D eigenvalue weighted by Gasteiger charge is 2.44. The maximum Gasteiger partial charge on any atom is 0.410 e. The monoisotopic (exact) mass is 531 g/mol. The molecule has 0 bridgehead atoms. The molecular weight excluding hydrogens is 501 g/mol. The average Bonchev–Trinajstić information content (AvgIpc) is 2.81. The van der Waals surface area contributed by atoms with Crippen LogP contribution in [-0.2, 0) is 9.53 Å². The van der Waals surface area contributed by atoms with Gasteiger partial charge in [-0.15, -0.1) is 11.6 Å². The van der Waals surface area contributed by atoms with Gasteiger partial charge in [-0.2, -0.15) is 0 Å². The number of allylic oxidation sites excluding steroid dienone is 3. The number of aliphatic hydroxyl groups is 1. The number of aliphatic hydroxyl groups excluding tert-OH is 1. The largest absolute Gasteiger partial charge is 0.481 e. The van der Waals surface area contributed by atoms with Gasteiger partial charge in [0.05, 0.1) is 18.0 Å². The van der Waals surface area contributed by atoms with Gasteiger partial charge in [0, 0.05) is 11.6 Å². The van der Waals surface area contributed by atoms with Crippen molar-refractivity contribution < 1.29 is 24.5 Å². The molecule has 0 heterocycles. The predicted molar refractivity (Wildman–Crippen MR) is 142 cm³/mol. The van der Waals surface area contributed by atoms with Crippen LogP contribution in [0.2, 0.25) is 5.02 Å². The van der Waals surface area contributed by atoms with Gasteiger partial charge in [-0.3, -0.25) is 4.79 Å². The number of halogens is 2. The smallest absolute Gasteiger partial charge is 0.410 e. The molecule has 2 aromatic carbocycles. The SMILES string of the molecule is CC(C)(C)OC(=O)N(CCC1(C(=O)O)C=CC(c2ccccc2)=CC1Cl)C[C@H](O)c1cccc(Cl)c1. The number of nitrogens with zero attached hydrogens (tertiary/aromatic N) is 1. The van der Waals surface area contributed by atoms with Crippen molar-refractivity contribution in [1.29, 1.82) is 0 Å². The van der Waals surface area contributed by atoms with Gasteiger partial charge in [0.1, 0.15) is 11.0 Å². The van der Waals surface area contributed by atoms with Gasteiger partial charge in [0.15, 0.2) is 0 Å². The van der Waals surface area contributed by atoms with Crippen LogP contribution in [0.4, 0.5) is 4.79 Å². The third-order valence-corrected chi connectivity index (χ3v) is 6.71. The Morgan fingerprint density at radius 1 is 1.14 bits per heavy atom. The zero-order valence-electron chi connectivity index (χ0n) is 20.5. The van der Waals surface area contributed by atoms with E-state index < -0.39 is 34.6 Å². The second kappa shape index (κ2) is 11.5. The molecule has 8 heteroatoms. The molecule has 0 radical (unpaired) electrons. The molecule has 6 nitrogen and oxygen atoms in total. The number of rotatable bonds is 8. The number of amides is 1. The van der Waals surface area contributed by atoms with Crippen molar-refractivity contribution >= 4 is 40.8 Å². The lowest BCUT2D eigenvalue weighted by Crippen LogP contribution is -2.45. The van der Waals surface area contributed by atoms with Gasteiger partial charge in [0.2, 0.25) is 0 Å². The molecule has 192 valence electrons. The Hall–Kier alpha value is -2.80. The molecule has 1 aliphatic carbocycles. The first-order valence-corrected chi connectivity index (χ1v) is 12.5. The number of ether oxygens (including phenoxy) is 1. The molecule has 0 spiro atoms. The maximum absolute atomic E-state index is 13.0. The quantitative estimate of drug-likeness (QED) is 0.388.